The third kappa shape index (κ3) is 7.18. The summed E-state index contributed by atoms with van der Waals surface area (Å²) in [6.07, 6.45) is -1.52. The summed E-state index contributed by atoms with van der Waals surface area (Å²) >= 11 is 0. The lowest BCUT2D eigenvalue weighted by molar-refractivity contribution is -0.699. The number of nitriles is 1. The van der Waals surface area contributed by atoms with Gasteiger partial charge in [-0.05, 0) is 29.8 Å². The molecule has 3 aromatic rings. The Balaban J connectivity index is 0.000000234. The van der Waals surface area contributed by atoms with E-state index < -0.39 is 12.1 Å². The molecule has 0 spiro atoms. The number of carboxylic acids is 1. The first-order valence-corrected chi connectivity index (χ1v) is 8.97. The number of carboxylic acid groups (broad SMARTS) is 1. The molecule has 6 heteroatoms. The van der Waals surface area contributed by atoms with Crippen LogP contribution in [0.2, 0.25) is 0 Å². The highest BCUT2D eigenvalue weighted by Gasteiger charge is 2.13. The Morgan fingerprint density at radius 2 is 1.52 bits per heavy atom. The molecule has 148 valence electrons. The van der Waals surface area contributed by atoms with Gasteiger partial charge in [0.2, 0.25) is 0 Å². The number of aliphatic hydroxyl groups excluding tert-OH is 1. The zero-order valence-corrected chi connectivity index (χ0v) is 15.6. The number of rotatable bonds is 6. The summed E-state index contributed by atoms with van der Waals surface area (Å²) < 4.78 is 12.8. The average molecular weight is 392 g/mol. The molecule has 29 heavy (non-hydrogen) atoms. The zero-order chi connectivity index (χ0) is 21.1. The number of halogens is 1. The molecule has 0 saturated heterocycles. The first-order chi connectivity index (χ1) is 14.0. The Morgan fingerprint density at radius 1 is 0.966 bits per heavy atom. The SMILES string of the molecule is N#C[C@@H]([NH2+]Cc1ccccc1)c1ccc(F)cc1.O=C([O-])[C@H](O)c1ccccc1. The summed E-state index contributed by atoms with van der Waals surface area (Å²) in [5, 5.41) is 30.2. The van der Waals surface area contributed by atoms with Gasteiger partial charge in [0.05, 0.1) is 5.97 Å². The smallest absolute Gasteiger partial charge is 0.199 e. The molecule has 0 fully saturated rings. The first kappa shape index (κ1) is 21.8. The molecule has 3 aromatic carbocycles. The van der Waals surface area contributed by atoms with Crippen molar-refractivity contribution in [1.29, 1.82) is 5.26 Å². The predicted molar refractivity (Wildman–Crippen MR) is 103 cm³/mol. The van der Waals surface area contributed by atoms with Crippen molar-refractivity contribution in [1.82, 2.24) is 0 Å². The molecule has 0 bridgehead atoms. The van der Waals surface area contributed by atoms with E-state index in [0.29, 0.717) is 5.56 Å². The van der Waals surface area contributed by atoms with Gasteiger partial charge >= 0.3 is 0 Å². The normalized spacial score (nSPS) is 12.0. The molecular formula is C23H21FN2O3. The van der Waals surface area contributed by atoms with Crippen LogP contribution in [0, 0.1) is 17.1 Å². The summed E-state index contributed by atoms with van der Waals surface area (Å²) in [5.74, 6) is -1.75. The number of carbonyl (C=O) groups excluding carboxylic acids is 1. The van der Waals surface area contributed by atoms with Gasteiger partial charge in [-0.1, -0.05) is 60.7 Å². The van der Waals surface area contributed by atoms with Crippen LogP contribution >= 0.6 is 0 Å². The molecule has 0 aliphatic rings. The highest BCUT2D eigenvalue weighted by Crippen LogP contribution is 2.10. The van der Waals surface area contributed by atoms with E-state index in [4.69, 9.17) is 10.4 Å². The van der Waals surface area contributed by atoms with Crippen molar-refractivity contribution in [2.24, 2.45) is 0 Å². The lowest BCUT2D eigenvalue weighted by Gasteiger charge is -2.10. The van der Waals surface area contributed by atoms with Crippen molar-refractivity contribution in [2.45, 2.75) is 18.7 Å². The number of quaternary nitrogens is 1. The van der Waals surface area contributed by atoms with E-state index in [2.05, 4.69) is 6.07 Å². The van der Waals surface area contributed by atoms with E-state index in [-0.39, 0.29) is 11.9 Å². The molecule has 0 aliphatic carbocycles. The Kier molecular flexibility index (Phi) is 8.51. The zero-order valence-electron chi connectivity index (χ0n) is 15.6. The molecule has 0 aromatic heterocycles. The van der Waals surface area contributed by atoms with Gasteiger partial charge in [0.25, 0.3) is 0 Å². The van der Waals surface area contributed by atoms with Crippen LogP contribution in [0.5, 0.6) is 0 Å². The second kappa shape index (κ2) is 11.3. The fraction of sp³-hybridized carbons (Fsp3) is 0.130. The lowest BCUT2D eigenvalue weighted by atomic mass is 10.1. The third-order valence-corrected chi connectivity index (χ3v) is 4.14. The molecule has 0 heterocycles. The molecule has 5 nitrogen and oxygen atoms in total. The Hall–Kier alpha value is -3.53. The van der Waals surface area contributed by atoms with E-state index >= 15 is 0 Å². The van der Waals surface area contributed by atoms with Crippen LogP contribution in [0.25, 0.3) is 0 Å². The maximum Gasteiger partial charge on any atom is 0.199 e. The molecule has 3 N–H and O–H groups in total. The Labute approximate surface area is 168 Å². The predicted octanol–water partition coefficient (Wildman–Crippen LogP) is 1.62. The maximum absolute atomic E-state index is 12.8. The standard InChI is InChI=1S/C15H13FN2.C8H8O3/c16-14-8-6-13(7-9-14)15(10-17)18-11-12-4-2-1-3-5-12;9-7(8(10)11)6-4-2-1-3-5-6/h1-9,15,18H,11H2;1-5,7,9H,(H,10,11)/t15-;7-/m11/s1. The van der Waals surface area contributed by atoms with Gasteiger partial charge in [0.1, 0.15) is 24.5 Å². The molecule has 0 radical (unpaired) electrons. The highest BCUT2D eigenvalue weighted by molar-refractivity contribution is 5.71. The monoisotopic (exact) mass is 392 g/mol. The highest BCUT2D eigenvalue weighted by atomic mass is 19.1. The van der Waals surface area contributed by atoms with Gasteiger partial charge in [0.15, 0.2) is 6.04 Å². The molecule has 3 rings (SSSR count). The number of aliphatic carboxylic acids is 1. The van der Waals surface area contributed by atoms with E-state index in [1.807, 2.05) is 35.6 Å². The van der Waals surface area contributed by atoms with Gasteiger partial charge in [-0.25, -0.2) is 4.39 Å². The van der Waals surface area contributed by atoms with Crippen LogP contribution in [-0.4, -0.2) is 11.1 Å². The minimum absolute atomic E-state index is 0.279. The number of hydrogen-bond acceptors (Lipinski definition) is 4. The Bertz CT molecular complexity index is 926. The third-order valence-electron chi connectivity index (χ3n) is 4.14. The summed E-state index contributed by atoms with van der Waals surface area (Å²) in [4.78, 5) is 10.1. The van der Waals surface area contributed by atoms with Crippen LogP contribution in [0.4, 0.5) is 4.39 Å². The van der Waals surface area contributed by atoms with E-state index in [1.54, 1.807) is 30.3 Å². The second-order valence-electron chi connectivity index (χ2n) is 6.22. The van der Waals surface area contributed by atoms with Gasteiger partial charge < -0.3 is 20.3 Å². The van der Waals surface area contributed by atoms with Crippen LogP contribution in [0.15, 0.2) is 84.9 Å². The minimum atomic E-state index is -1.52. The van der Waals surface area contributed by atoms with Crippen molar-refractivity contribution in [3.63, 3.8) is 0 Å². The fourth-order valence-corrected chi connectivity index (χ4v) is 2.57. The number of nitrogens with zero attached hydrogens (tertiary/aromatic N) is 1. The van der Waals surface area contributed by atoms with Crippen molar-refractivity contribution < 1.29 is 24.7 Å². The second-order valence-corrected chi connectivity index (χ2v) is 6.22. The van der Waals surface area contributed by atoms with Crippen molar-refractivity contribution in [2.75, 3.05) is 0 Å². The molecule has 0 aliphatic heterocycles. The van der Waals surface area contributed by atoms with Gasteiger partial charge in [-0.15, -0.1) is 0 Å². The minimum Gasteiger partial charge on any atom is -0.547 e. The summed E-state index contributed by atoms with van der Waals surface area (Å²) in [6, 6.07) is 26.1. The molecule has 0 amide bonds. The van der Waals surface area contributed by atoms with Gasteiger partial charge in [0, 0.05) is 11.1 Å². The van der Waals surface area contributed by atoms with Crippen molar-refractivity contribution in [3.8, 4) is 6.07 Å². The molecule has 0 unspecified atom stereocenters. The van der Waals surface area contributed by atoms with E-state index in [1.165, 1.54) is 29.8 Å². The number of nitrogens with two attached hydrogens (primary N) is 1. The molecule has 2 atom stereocenters. The number of hydrogen-bond donors (Lipinski definition) is 2. The Morgan fingerprint density at radius 3 is 2.03 bits per heavy atom. The lowest BCUT2D eigenvalue weighted by Crippen LogP contribution is -2.83. The summed E-state index contributed by atoms with van der Waals surface area (Å²) in [6.45, 7) is 0.733. The molecular weight excluding hydrogens is 371 g/mol. The number of benzene rings is 3. The van der Waals surface area contributed by atoms with Crippen molar-refractivity contribution in [3.05, 3.63) is 107 Å². The van der Waals surface area contributed by atoms with Crippen LogP contribution < -0.4 is 10.4 Å². The topological polar surface area (TPSA) is 101 Å². The number of aliphatic hydroxyl groups is 1. The van der Waals surface area contributed by atoms with E-state index in [9.17, 15) is 14.3 Å². The first-order valence-electron chi connectivity index (χ1n) is 8.97. The largest absolute Gasteiger partial charge is 0.547 e. The summed E-state index contributed by atoms with van der Waals surface area (Å²) in [5.41, 5.74) is 2.34. The van der Waals surface area contributed by atoms with Gasteiger partial charge in [-0.2, -0.15) is 5.26 Å². The summed E-state index contributed by atoms with van der Waals surface area (Å²) in [7, 11) is 0. The molecule has 0 saturated carbocycles. The van der Waals surface area contributed by atoms with Crippen LogP contribution in [-0.2, 0) is 11.3 Å². The van der Waals surface area contributed by atoms with Crippen LogP contribution in [0.3, 0.4) is 0 Å². The maximum atomic E-state index is 12.8. The average Bonchev–Trinajstić information content (AvgIpc) is 2.76. The number of carbonyl (C=O) groups is 1. The fourth-order valence-electron chi connectivity index (χ4n) is 2.57. The van der Waals surface area contributed by atoms with E-state index in [0.717, 1.165) is 12.1 Å². The van der Waals surface area contributed by atoms with Gasteiger partial charge in [-0.3, -0.25) is 0 Å². The quantitative estimate of drug-likeness (QED) is 0.666. The van der Waals surface area contributed by atoms with Crippen molar-refractivity contribution >= 4 is 5.97 Å². The van der Waals surface area contributed by atoms with Crippen LogP contribution in [0.1, 0.15) is 28.8 Å².